The summed E-state index contributed by atoms with van der Waals surface area (Å²) in [5, 5.41) is 16.2. The number of hydrogen-bond donors (Lipinski definition) is 0. The van der Waals surface area contributed by atoms with E-state index in [1.54, 1.807) is 24.3 Å². The summed E-state index contributed by atoms with van der Waals surface area (Å²) in [6, 6.07) is 25.6. The van der Waals surface area contributed by atoms with Crippen molar-refractivity contribution in [3.05, 3.63) is 123 Å². The van der Waals surface area contributed by atoms with Gasteiger partial charge in [0.25, 0.3) is 17.5 Å². The number of amides is 2. The smallest absolute Gasteiger partial charge is 0.269 e. The Morgan fingerprint density at radius 2 is 1.27 bits per heavy atom. The van der Waals surface area contributed by atoms with E-state index in [9.17, 15) is 19.7 Å². The lowest BCUT2D eigenvalue weighted by Gasteiger charge is -2.45. The Balaban J connectivity index is 1.20. The topological polar surface area (TPSA) is 106 Å². The number of imide groups is 1. The molecule has 1 aliphatic heterocycles. The number of carbonyl (C=O) groups is 2. The van der Waals surface area contributed by atoms with Crippen LogP contribution in [0.1, 0.15) is 39.8 Å². The van der Waals surface area contributed by atoms with Crippen LogP contribution in [-0.4, -0.2) is 28.0 Å². The SMILES string of the molecule is O=C1[C@@H]2C3c4ccccc4C(c4ccccc43)[C@H]2C(=O)N1/N=C\c1ccc(-c2ccc([N+](=O)[O-])cc2)o1. The molecule has 2 amide bonds. The van der Waals surface area contributed by atoms with Gasteiger partial charge in [0.15, 0.2) is 0 Å². The Bertz CT molecular complexity index is 1520. The maximum Gasteiger partial charge on any atom is 0.269 e. The average molecular weight is 489 g/mol. The van der Waals surface area contributed by atoms with Crippen LogP contribution in [0, 0.1) is 22.0 Å². The van der Waals surface area contributed by atoms with E-state index < -0.39 is 16.8 Å². The number of nitrogens with zero attached hydrogens (tertiary/aromatic N) is 3. The van der Waals surface area contributed by atoms with Crippen LogP contribution in [0.2, 0.25) is 0 Å². The molecular formula is C29H19N3O5. The summed E-state index contributed by atoms with van der Waals surface area (Å²) in [6.07, 6.45) is 1.37. The van der Waals surface area contributed by atoms with Crippen LogP contribution in [0.25, 0.3) is 11.3 Å². The maximum atomic E-state index is 13.6. The Morgan fingerprint density at radius 3 is 1.76 bits per heavy atom. The fraction of sp³-hybridized carbons (Fsp3) is 0.138. The molecule has 0 spiro atoms. The van der Waals surface area contributed by atoms with Gasteiger partial charge in [-0.3, -0.25) is 19.7 Å². The van der Waals surface area contributed by atoms with Gasteiger partial charge in [0.1, 0.15) is 11.5 Å². The number of nitro benzene ring substituents is 1. The minimum atomic E-state index is -0.494. The fourth-order valence-corrected chi connectivity index (χ4v) is 6.21. The second kappa shape index (κ2) is 7.83. The van der Waals surface area contributed by atoms with E-state index in [0.717, 1.165) is 27.3 Å². The Morgan fingerprint density at radius 1 is 0.757 bits per heavy atom. The molecule has 1 fully saturated rings. The normalized spacial score (nSPS) is 23.3. The van der Waals surface area contributed by atoms with Crippen molar-refractivity contribution < 1.29 is 18.9 Å². The lowest BCUT2D eigenvalue weighted by molar-refractivity contribution is -0.384. The number of hydrazone groups is 1. The summed E-state index contributed by atoms with van der Waals surface area (Å²) in [5.74, 6) is -1.10. The standard InChI is InChI=1S/C29H19N3O5/c33-28-26-24-19-5-1-2-6-20(19)25(22-8-4-3-7-21(22)24)27(26)29(34)31(28)30-15-18-13-14-23(37-18)16-9-11-17(12-10-16)32(35)36/h1-15,24-27H/b30-15-/t24?,25?,26-,27-/m1/s1. The molecule has 0 radical (unpaired) electrons. The van der Waals surface area contributed by atoms with Crippen LogP contribution in [0.5, 0.6) is 0 Å². The maximum absolute atomic E-state index is 13.6. The lowest BCUT2D eigenvalue weighted by atomic mass is 9.55. The molecule has 8 nitrogen and oxygen atoms in total. The number of rotatable bonds is 4. The molecule has 0 unspecified atom stereocenters. The molecular weight excluding hydrogens is 470 g/mol. The highest BCUT2D eigenvalue weighted by Gasteiger charge is 2.61. The second-order valence-corrected chi connectivity index (χ2v) is 9.50. The fourth-order valence-electron chi connectivity index (χ4n) is 6.21. The third-order valence-corrected chi connectivity index (χ3v) is 7.72. The first kappa shape index (κ1) is 21.4. The largest absolute Gasteiger partial charge is 0.455 e. The number of furan rings is 1. The van der Waals surface area contributed by atoms with Crippen molar-refractivity contribution in [1.82, 2.24) is 5.01 Å². The number of carbonyl (C=O) groups excluding carboxylic acids is 2. The first-order valence-corrected chi connectivity index (χ1v) is 12.0. The summed E-state index contributed by atoms with van der Waals surface area (Å²) in [4.78, 5) is 37.6. The Labute approximate surface area is 211 Å². The van der Waals surface area contributed by atoms with Gasteiger partial charge in [-0.2, -0.15) is 10.1 Å². The van der Waals surface area contributed by atoms with Crippen molar-refractivity contribution in [2.75, 3.05) is 0 Å². The molecule has 0 N–H and O–H groups in total. The van der Waals surface area contributed by atoms with Crippen LogP contribution in [0.15, 0.2) is 94.4 Å². The summed E-state index contributed by atoms with van der Waals surface area (Å²) < 4.78 is 5.81. The molecule has 8 heteroatoms. The van der Waals surface area contributed by atoms with E-state index in [4.69, 9.17) is 4.42 Å². The minimum Gasteiger partial charge on any atom is -0.455 e. The van der Waals surface area contributed by atoms with E-state index in [1.807, 2.05) is 24.3 Å². The molecule has 3 aromatic carbocycles. The molecule has 3 aliphatic carbocycles. The van der Waals surface area contributed by atoms with Gasteiger partial charge in [0.05, 0.1) is 23.0 Å². The third-order valence-electron chi connectivity index (χ3n) is 7.72. The van der Waals surface area contributed by atoms with Gasteiger partial charge in [-0.1, -0.05) is 48.5 Å². The van der Waals surface area contributed by atoms with Crippen LogP contribution in [-0.2, 0) is 9.59 Å². The summed E-state index contributed by atoms with van der Waals surface area (Å²) in [7, 11) is 0. The van der Waals surface area contributed by atoms with E-state index >= 15 is 0 Å². The zero-order valence-electron chi connectivity index (χ0n) is 19.4. The number of non-ortho nitro benzene ring substituents is 1. The zero-order valence-corrected chi connectivity index (χ0v) is 19.4. The Kier molecular flexibility index (Phi) is 4.53. The molecule has 0 saturated carbocycles. The highest BCUT2D eigenvalue weighted by atomic mass is 16.6. The molecule has 2 atom stereocenters. The number of hydrogen-bond acceptors (Lipinski definition) is 6. The van der Waals surface area contributed by atoms with Crippen LogP contribution in [0.4, 0.5) is 5.69 Å². The van der Waals surface area contributed by atoms with Crippen LogP contribution in [0.3, 0.4) is 0 Å². The number of benzene rings is 3. The van der Waals surface area contributed by atoms with Gasteiger partial charge in [-0.15, -0.1) is 0 Å². The molecule has 2 heterocycles. The first-order chi connectivity index (χ1) is 18.0. The summed E-state index contributed by atoms with van der Waals surface area (Å²) >= 11 is 0. The molecule has 180 valence electrons. The first-order valence-electron chi connectivity index (χ1n) is 12.0. The molecule has 2 bridgehead atoms. The predicted octanol–water partition coefficient (Wildman–Crippen LogP) is 5.08. The van der Waals surface area contributed by atoms with Gasteiger partial charge in [0.2, 0.25) is 0 Å². The van der Waals surface area contributed by atoms with E-state index in [0.29, 0.717) is 17.1 Å². The average Bonchev–Trinajstić information content (AvgIpc) is 3.50. The van der Waals surface area contributed by atoms with Gasteiger partial charge in [-0.05, 0) is 46.5 Å². The van der Waals surface area contributed by atoms with Crippen LogP contribution >= 0.6 is 0 Å². The van der Waals surface area contributed by atoms with Gasteiger partial charge >= 0.3 is 0 Å². The second-order valence-electron chi connectivity index (χ2n) is 9.50. The van der Waals surface area contributed by atoms with E-state index in [2.05, 4.69) is 29.4 Å². The van der Waals surface area contributed by atoms with Gasteiger partial charge < -0.3 is 4.42 Å². The monoisotopic (exact) mass is 489 g/mol. The molecule has 4 aromatic rings. The minimum absolute atomic E-state index is 0.0112. The Hall–Kier alpha value is -4.85. The molecule has 8 rings (SSSR count). The van der Waals surface area contributed by atoms with E-state index in [-0.39, 0.29) is 29.3 Å². The highest BCUT2D eigenvalue weighted by Crippen LogP contribution is 2.60. The van der Waals surface area contributed by atoms with Crippen molar-refractivity contribution in [3.8, 4) is 11.3 Å². The number of nitro groups is 1. The van der Waals surface area contributed by atoms with Crippen molar-refractivity contribution in [2.24, 2.45) is 16.9 Å². The quantitative estimate of drug-likeness (QED) is 0.172. The zero-order chi connectivity index (χ0) is 25.3. The highest BCUT2D eigenvalue weighted by molar-refractivity contribution is 6.08. The van der Waals surface area contributed by atoms with Crippen molar-refractivity contribution >= 4 is 23.7 Å². The van der Waals surface area contributed by atoms with Crippen molar-refractivity contribution in [3.63, 3.8) is 0 Å². The summed E-state index contributed by atoms with van der Waals surface area (Å²) in [6.45, 7) is 0. The van der Waals surface area contributed by atoms with Gasteiger partial charge in [-0.25, -0.2) is 0 Å². The van der Waals surface area contributed by atoms with Crippen molar-refractivity contribution in [1.29, 1.82) is 0 Å². The lowest BCUT2D eigenvalue weighted by Crippen LogP contribution is -2.41. The van der Waals surface area contributed by atoms with Crippen LogP contribution < -0.4 is 0 Å². The molecule has 1 aromatic heterocycles. The molecule has 1 saturated heterocycles. The third kappa shape index (κ3) is 3.05. The molecule has 37 heavy (non-hydrogen) atoms. The van der Waals surface area contributed by atoms with E-state index in [1.165, 1.54) is 18.3 Å². The van der Waals surface area contributed by atoms with Gasteiger partial charge in [0, 0.05) is 29.5 Å². The summed E-state index contributed by atoms with van der Waals surface area (Å²) in [5.41, 5.74) is 5.09. The van der Waals surface area contributed by atoms with Crippen molar-refractivity contribution in [2.45, 2.75) is 11.8 Å². The predicted molar refractivity (Wildman–Crippen MR) is 134 cm³/mol. The molecule has 4 aliphatic rings.